The summed E-state index contributed by atoms with van der Waals surface area (Å²) in [4.78, 5) is 9.80. The van der Waals surface area contributed by atoms with Crippen LogP contribution in [0.25, 0.3) is 28.1 Å². The van der Waals surface area contributed by atoms with Crippen molar-refractivity contribution in [2.24, 2.45) is 5.10 Å². The van der Waals surface area contributed by atoms with Crippen molar-refractivity contribution in [1.29, 1.82) is 0 Å². The fraction of sp³-hybridized carbons (Fsp3) is 0.217. The molecule has 7 nitrogen and oxygen atoms in total. The number of aliphatic hydroxyl groups is 1. The van der Waals surface area contributed by atoms with Crippen LogP contribution in [0.3, 0.4) is 0 Å². The average Bonchev–Trinajstić information content (AvgIpc) is 3.36. The van der Waals surface area contributed by atoms with Crippen LogP contribution in [-0.2, 0) is 6.61 Å². The van der Waals surface area contributed by atoms with Crippen molar-refractivity contribution >= 4 is 22.6 Å². The Hall–Kier alpha value is -3.58. The standard InChI is InChI=1S/C23H22N6O/c1-15-12-16(2)28(26-15)23-22(24-19-10-6-7-11-20(19)25-23)21-13-18(14-30)29(27-21)17-8-4-3-5-9-17/h3-11,13,16,30H,12,14H2,1-2H3. The molecule has 4 aromatic rings. The minimum atomic E-state index is -0.129. The molecule has 7 heteroatoms. The molecule has 1 unspecified atom stereocenters. The maximum Gasteiger partial charge on any atom is 0.178 e. The molecule has 1 aliphatic rings. The van der Waals surface area contributed by atoms with Gasteiger partial charge in [0.2, 0.25) is 0 Å². The van der Waals surface area contributed by atoms with Gasteiger partial charge in [-0.1, -0.05) is 30.3 Å². The maximum absolute atomic E-state index is 9.94. The highest BCUT2D eigenvalue weighted by Crippen LogP contribution is 2.33. The lowest BCUT2D eigenvalue weighted by atomic mass is 10.2. The molecule has 30 heavy (non-hydrogen) atoms. The zero-order chi connectivity index (χ0) is 20.7. The lowest BCUT2D eigenvalue weighted by Crippen LogP contribution is -2.24. The second-order valence-electron chi connectivity index (χ2n) is 7.54. The van der Waals surface area contributed by atoms with E-state index in [2.05, 4.69) is 6.92 Å². The first-order valence-electron chi connectivity index (χ1n) is 9.99. The van der Waals surface area contributed by atoms with Gasteiger partial charge in [-0.25, -0.2) is 19.7 Å². The Labute approximate surface area is 174 Å². The van der Waals surface area contributed by atoms with Crippen molar-refractivity contribution < 1.29 is 5.11 Å². The van der Waals surface area contributed by atoms with Gasteiger partial charge in [0, 0.05) is 12.1 Å². The van der Waals surface area contributed by atoms with E-state index in [1.807, 2.05) is 72.6 Å². The van der Waals surface area contributed by atoms with Gasteiger partial charge in [0.15, 0.2) is 5.82 Å². The normalized spacial score (nSPS) is 16.3. The highest BCUT2D eigenvalue weighted by Gasteiger charge is 2.28. The summed E-state index contributed by atoms with van der Waals surface area (Å²) in [6.07, 6.45) is 0.883. The molecule has 5 rings (SSSR count). The molecule has 2 aromatic carbocycles. The molecule has 0 amide bonds. The van der Waals surface area contributed by atoms with Gasteiger partial charge in [0.05, 0.1) is 35.1 Å². The van der Waals surface area contributed by atoms with Gasteiger partial charge in [0.1, 0.15) is 11.4 Å². The highest BCUT2D eigenvalue weighted by atomic mass is 16.3. The van der Waals surface area contributed by atoms with Crippen LogP contribution >= 0.6 is 0 Å². The third-order valence-electron chi connectivity index (χ3n) is 5.24. The minimum absolute atomic E-state index is 0.129. The number of nitrogens with zero attached hydrogens (tertiary/aromatic N) is 6. The molecule has 0 fully saturated rings. The Morgan fingerprint density at radius 1 is 1.00 bits per heavy atom. The summed E-state index contributed by atoms with van der Waals surface area (Å²) < 4.78 is 1.75. The van der Waals surface area contributed by atoms with E-state index >= 15 is 0 Å². The number of para-hydroxylation sites is 3. The molecule has 150 valence electrons. The molecule has 0 radical (unpaired) electrons. The van der Waals surface area contributed by atoms with Crippen LogP contribution in [0, 0.1) is 0 Å². The van der Waals surface area contributed by atoms with E-state index < -0.39 is 0 Å². The van der Waals surface area contributed by atoms with E-state index in [0.29, 0.717) is 22.9 Å². The van der Waals surface area contributed by atoms with Crippen LogP contribution < -0.4 is 5.01 Å². The van der Waals surface area contributed by atoms with Crippen LogP contribution in [0.4, 0.5) is 5.82 Å². The topological polar surface area (TPSA) is 79.4 Å². The number of fused-ring (bicyclic) bond motifs is 1. The summed E-state index contributed by atoms with van der Waals surface area (Å²) in [5.74, 6) is 0.681. The van der Waals surface area contributed by atoms with Gasteiger partial charge in [0.25, 0.3) is 0 Å². The quantitative estimate of drug-likeness (QED) is 0.563. The number of rotatable bonds is 4. The Kier molecular flexibility index (Phi) is 4.52. The van der Waals surface area contributed by atoms with E-state index in [1.165, 1.54) is 0 Å². The first-order valence-corrected chi connectivity index (χ1v) is 9.99. The SMILES string of the molecule is CC1=NN(c2nc3ccccc3nc2-c2cc(CO)n(-c3ccccc3)n2)C(C)C1. The number of benzene rings is 2. The van der Waals surface area contributed by atoms with Gasteiger partial charge in [-0.05, 0) is 44.2 Å². The molecule has 0 spiro atoms. The Morgan fingerprint density at radius 3 is 2.37 bits per heavy atom. The second-order valence-corrected chi connectivity index (χ2v) is 7.54. The van der Waals surface area contributed by atoms with E-state index in [1.54, 1.807) is 4.68 Å². The minimum Gasteiger partial charge on any atom is -0.390 e. The predicted molar refractivity (Wildman–Crippen MR) is 118 cm³/mol. The van der Waals surface area contributed by atoms with E-state index in [0.717, 1.165) is 28.9 Å². The third-order valence-corrected chi connectivity index (χ3v) is 5.24. The Balaban J connectivity index is 1.72. The smallest absolute Gasteiger partial charge is 0.178 e. The van der Waals surface area contributed by atoms with Crippen LogP contribution in [0.15, 0.2) is 65.8 Å². The Morgan fingerprint density at radius 2 is 1.70 bits per heavy atom. The highest BCUT2D eigenvalue weighted by molar-refractivity contribution is 5.89. The van der Waals surface area contributed by atoms with Crippen molar-refractivity contribution in [3.05, 3.63) is 66.4 Å². The maximum atomic E-state index is 9.94. The molecule has 0 aliphatic carbocycles. The summed E-state index contributed by atoms with van der Waals surface area (Å²) in [5, 5.41) is 21.4. The van der Waals surface area contributed by atoms with Gasteiger partial charge in [-0.15, -0.1) is 0 Å². The van der Waals surface area contributed by atoms with E-state index in [4.69, 9.17) is 20.2 Å². The zero-order valence-corrected chi connectivity index (χ0v) is 16.9. The first kappa shape index (κ1) is 18.4. The molecule has 2 aromatic heterocycles. The number of aliphatic hydroxyl groups excluding tert-OH is 1. The summed E-state index contributed by atoms with van der Waals surface area (Å²) in [7, 11) is 0. The third kappa shape index (κ3) is 3.13. The number of anilines is 1. The fourth-order valence-electron chi connectivity index (χ4n) is 3.86. The molecule has 1 aliphatic heterocycles. The zero-order valence-electron chi connectivity index (χ0n) is 16.9. The van der Waals surface area contributed by atoms with Crippen molar-refractivity contribution in [2.45, 2.75) is 32.9 Å². The summed E-state index contributed by atoms with van der Waals surface area (Å²) in [5.41, 5.74) is 5.55. The van der Waals surface area contributed by atoms with E-state index in [-0.39, 0.29) is 12.6 Å². The number of hydrogen-bond acceptors (Lipinski definition) is 6. The second kappa shape index (κ2) is 7.35. The number of hydrogen-bond donors (Lipinski definition) is 1. The van der Waals surface area contributed by atoms with Gasteiger partial charge in [-0.2, -0.15) is 10.2 Å². The summed E-state index contributed by atoms with van der Waals surface area (Å²) in [6, 6.07) is 19.6. The average molecular weight is 398 g/mol. The van der Waals surface area contributed by atoms with E-state index in [9.17, 15) is 5.11 Å². The lowest BCUT2D eigenvalue weighted by Gasteiger charge is -2.21. The van der Waals surface area contributed by atoms with Crippen molar-refractivity contribution in [1.82, 2.24) is 19.7 Å². The monoisotopic (exact) mass is 398 g/mol. The molecule has 0 saturated heterocycles. The van der Waals surface area contributed by atoms with Crippen LogP contribution in [0.2, 0.25) is 0 Å². The predicted octanol–water partition coefficient (Wildman–Crippen LogP) is 3.95. The molecule has 1 atom stereocenters. The first-order chi connectivity index (χ1) is 14.6. The van der Waals surface area contributed by atoms with Crippen LogP contribution in [0.1, 0.15) is 26.0 Å². The lowest BCUT2D eigenvalue weighted by molar-refractivity contribution is 0.273. The van der Waals surface area contributed by atoms with Gasteiger partial charge in [-0.3, -0.25) is 0 Å². The largest absolute Gasteiger partial charge is 0.390 e. The number of aromatic nitrogens is 4. The van der Waals surface area contributed by atoms with Gasteiger partial charge >= 0.3 is 0 Å². The summed E-state index contributed by atoms with van der Waals surface area (Å²) >= 11 is 0. The molecule has 1 N–H and O–H groups in total. The Bertz CT molecular complexity index is 1250. The molecule has 3 heterocycles. The molecular formula is C23H22N6O. The van der Waals surface area contributed by atoms with Crippen molar-refractivity contribution in [3.8, 4) is 17.1 Å². The number of hydrazone groups is 1. The molecule has 0 bridgehead atoms. The van der Waals surface area contributed by atoms with Crippen molar-refractivity contribution in [3.63, 3.8) is 0 Å². The van der Waals surface area contributed by atoms with Crippen LogP contribution in [-0.4, -0.2) is 36.6 Å². The fourth-order valence-corrected chi connectivity index (χ4v) is 3.86. The molecule has 0 saturated carbocycles. The molecular weight excluding hydrogens is 376 g/mol. The van der Waals surface area contributed by atoms with Crippen LogP contribution in [0.5, 0.6) is 0 Å². The summed E-state index contributed by atoms with van der Waals surface area (Å²) in [6.45, 7) is 4.02. The van der Waals surface area contributed by atoms with Gasteiger partial charge < -0.3 is 5.11 Å². The van der Waals surface area contributed by atoms with Crippen molar-refractivity contribution in [2.75, 3.05) is 5.01 Å².